The molecule has 0 heterocycles. The van der Waals surface area contributed by atoms with Crippen molar-refractivity contribution in [2.75, 3.05) is 32.2 Å². The Kier molecular flexibility index (Phi) is 13.1. The predicted molar refractivity (Wildman–Crippen MR) is 142 cm³/mol. The van der Waals surface area contributed by atoms with Crippen LogP contribution in [0.5, 0.6) is 0 Å². The lowest BCUT2D eigenvalue weighted by molar-refractivity contribution is -0.144. The Bertz CT molecular complexity index is 898. The van der Waals surface area contributed by atoms with E-state index in [0.717, 1.165) is 12.0 Å². The molecule has 0 spiro atoms. The standard InChI is InChI=1S/C26H39N3O6S/c1-8-15-29(24(32)20(14-16-36-7)28-25(33)35-26(3,4)5)22(23(31)27-17-21(30)34-6)19-12-10-18(9-2)11-13-19/h8,10-13,20,22H,1,9,14-17H2,2-7H3,(H,27,31)(H,28,33). The number of carbonyl (C=O) groups excluding carboxylic acids is 4. The number of esters is 1. The number of alkyl carbamates (subject to hydrolysis) is 1. The lowest BCUT2D eigenvalue weighted by atomic mass is 10.00. The molecule has 9 nitrogen and oxygen atoms in total. The molecule has 0 aliphatic carbocycles. The molecule has 1 rings (SSSR count). The molecule has 0 saturated heterocycles. The van der Waals surface area contributed by atoms with Crippen LogP contribution < -0.4 is 10.6 Å². The molecule has 0 aliphatic heterocycles. The summed E-state index contributed by atoms with van der Waals surface area (Å²) in [5.41, 5.74) is 0.888. The highest BCUT2D eigenvalue weighted by molar-refractivity contribution is 7.98. The smallest absolute Gasteiger partial charge is 0.408 e. The van der Waals surface area contributed by atoms with Gasteiger partial charge in [-0.1, -0.05) is 37.3 Å². The second kappa shape index (κ2) is 15.2. The minimum absolute atomic E-state index is 0.0381. The Hall–Kier alpha value is -3.01. The highest BCUT2D eigenvalue weighted by atomic mass is 32.2. The fraction of sp³-hybridized carbons (Fsp3) is 0.538. The van der Waals surface area contributed by atoms with Crippen molar-refractivity contribution >= 4 is 35.6 Å². The topological polar surface area (TPSA) is 114 Å². The summed E-state index contributed by atoms with van der Waals surface area (Å²) in [6, 6.07) is 5.33. The zero-order valence-electron chi connectivity index (χ0n) is 22.1. The molecule has 2 N–H and O–H groups in total. The summed E-state index contributed by atoms with van der Waals surface area (Å²) < 4.78 is 9.98. The van der Waals surface area contributed by atoms with Crippen LogP contribution in [0.3, 0.4) is 0 Å². The summed E-state index contributed by atoms with van der Waals surface area (Å²) in [5.74, 6) is -1.04. The van der Waals surface area contributed by atoms with Crippen molar-refractivity contribution in [3.63, 3.8) is 0 Å². The number of benzene rings is 1. The SMILES string of the molecule is C=CCN(C(=O)C(CCSC)NC(=O)OC(C)(C)C)C(C(=O)NCC(=O)OC)c1ccc(CC)cc1. The molecule has 2 atom stereocenters. The maximum absolute atomic E-state index is 13.8. The molecule has 10 heteroatoms. The molecule has 0 saturated carbocycles. The van der Waals surface area contributed by atoms with Gasteiger partial charge in [-0.2, -0.15) is 11.8 Å². The third kappa shape index (κ3) is 10.3. The highest BCUT2D eigenvalue weighted by Gasteiger charge is 2.35. The Labute approximate surface area is 218 Å². The van der Waals surface area contributed by atoms with Gasteiger partial charge < -0.3 is 25.0 Å². The minimum atomic E-state index is -1.07. The van der Waals surface area contributed by atoms with Crippen LogP contribution in [0.1, 0.15) is 51.3 Å². The number of ether oxygens (including phenoxy) is 2. The average Bonchev–Trinajstić information content (AvgIpc) is 2.83. The lowest BCUT2D eigenvalue weighted by Gasteiger charge is -2.34. The molecule has 3 amide bonds. The van der Waals surface area contributed by atoms with E-state index in [1.807, 2.05) is 25.3 Å². The number of aryl methyl sites for hydroxylation is 1. The van der Waals surface area contributed by atoms with Gasteiger partial charge in [-0.3, -0.25) is 14.4 Å². The molecule has 2 unspecified atom stereocenters. The van der Waals surface area contributed by atoms with Gasteiger partial charge in [-0.25, -0.2) is 4.79 Å². The van der Waals surface area contributed by atoms with Crippen LogP contribution in [0, 0.1) is 0 Å². The van der Waals surface area contributed by atoms with E-state index in [4.69, 9.17) is 4.74 Å². The number of thioether (sulfide) groups is 1. The van der Waals surface area contributed by atoms with Gasteiger partial charge >= 0.3 is 12.1 Å². The Morgan fingerprint density at radius 2 is 1.81 bits per heavy atom. The number of hydrogen-bond acceptors (Lipinski definition) is 7. The number of rotatable bonds is 13. The largest absolute Gasteiger partial charge is 0.468 e. The van der Waals surface area contributed by atoms with Crippen molar-refractivity contribution in [1.29, 1.82) is 0 Å². The van der Waals surface area contributed by atoms with E-state index in [0.29, 0.717) is 17.7 Å². The Morgan fingerprint density at radius 1 is 1.17 bits per heavy atom. The van der Waals surface area contributed by atoms with Gasteiger partial charge in [0.15, 0.2) is 0 Å². The third-order valence-corrected chi connectivity index (χ3v) is 5.75. The fourth-order valence-electron chi connectivity index (χ4n) is 3.34. The summed E-state index contributed by atoms with van der Waals surface area (Å²) in [6.07, 6.45) is 3.83. The van der Waals surface area contributed by atoms with Crippen LogP contribution in [-0.4, -0.2) is 72.6 Å². The zero-order chi connectivity index (χ0) is 27.3. The van der Waals surface area contributed by atoms with Crippen LogP contribution in [0.4, 0.5) is 4.79 Å². The number of carbonyl (C=O) groups is 4. The highest BCUT2D eigenvalue weighted by Crippen LogP contribution is 2.24. The Balaban J connectivity index is 3.40. The first-order valence-electron chi connectivity index (χ1n) is 11.8. The molecular formula is C26H39N3O6S. The number of hydrogen-bond donors (Lipinski definition) is 2. The van der Waals surface area contributed by atoms with Crippen molar-refractivity contribution in [2.45, 2.75) is 58.2 Å². The number of nitrogens with zero attached hydrogens (tertiary/aromatic N) is 1. The van der Waals surface area contributed by atoms with Gasteiger partial charge in [0.2, 0.25) is 11.8 Å². The summed E-state index contributed by atoms with van der Waals surface area (Å²) in [4.78, 5) is 52.6. The van der Waals surface area contributed by atoms with Crippen LogP contribution >= 0.6 is 11.8 Å². The maximum atomic E-state index is 13.8. The first-order valence-corrected chi connectivity index (χ1v) is 13.2. The number of methoxy groups -OCH3 is 1. The van der Waals surface area contributed by atoms with Gasteiger partial charge in [0, 0.05) is 6.54 Å². The van der Waals surface area contributed by atoms with Crippen LogP contribution in [0.2, 0.25) is 0 Å². The van der Waals surface area contributed by atoms with Crippen molar-refractivity contribution in [1.82, 2.24) is 15.5 Å². The number of nitrogens with one attached hydrogen (secondary N) is 2. The van der Waals surface area contributed by atoms with E-state index >= 15 is 0 Å². The van der Waals surface area contributed by atoms with Gasteiger partial charge in [0.25, 0.3) is 0 Å². The summed E-state index contributed by atoms with van der Waals surface area (Å²) >= 11 is 1.53. The third-order valence-electron chi connectivity index (χ3n) is 5.11. The zero-order valence-corrected chi connectivity index (χ0v) is 22.9. The molecule has 200 valence electrons. The minimum Gasteiger partial charge on any atom is -0.468 e. The van der Waals surface area contributed by atoms with E-state index in [-0.39, 0.29) is 13.1 Å². The molecule has 0 bridgehead atoms. The Morgan fingerprint density at radius 3 is 2.31 bits per heavy atom. The lowest BCUT2D eigenvalue weighted by Crippen LogP contribution is -2.53. The maximum Gasteiger partial charge on any atom is 0.408 e. The monoisotopic (exact) mass is 521 g/mol. The molecule has 1 aromatic rings. The molecule has 36 heavy (non-hydrogen) atoms. The van der Waals surface area contributed by atoms with E-state index in [1.54, 1.807) is 32.9 Å². The summed E-state index contributed by atoms with van der Waals surface area (Å²) in [6.45, 7) is 10.7. The van der Waals surface area contributed by atoms with Gasteiger partial charge in [0.1, 0.15) is 24.2 Å². The summed E-state index contributed by atoms with van der Waals surface area (Å²) in [5, 5.41) is 5.21. The van der Waals surface area contributed by atoms with Crippen LogP contribution in [-0.2, 0) is 30.3 Å². The van der Waals surface area contributed by atoms with Crippen molar-refractivity contribution in [2.24, 2.45) is 0 Å². The molecule has 0 fully saturated rings. The normalized spacial score (nSPS) is 12.6. The quantitative estimate of drug-likeness (QED) is 0.303. The molecule has 0 radical (unpaired) electrons. The average molecular weight is 522 g/mol. The van der Waals surface area contributed by atoms with Gasteiger partial charge in [-0.15, -0.1) is 6.58 Å². The molecule has 0 aliphatic rings. The van der Waals surface area contributed by atoms with Crippen LogP contribution in [0.15, 0.2) is 36.9 Å². The van der Waals surface area contributed by atoms with Crippen molar-refractivity contribution in [3.05, 3.63) is 48.0 Å². The second-order valence-corrected chi connectivity index (χ2v) is 10.0. The molecule has 0 aromatic heterocycles. The van der Waals surface area contributed by atoms with E-state index in [9.17, 15) is 19.2 Å². The first kappa shape index (κ1) is 31.0. The van der Waals surface area contributed by atoms with Crippen molar-refractivity contribution < 1.29 is 28.7 Å². The predicted octanol–water partition coefficient (Wildman–Crippen LogP) is 3.24. The van der Waals surface area contributed by atoms with E-state index < -0.39 is 41.6 Å². The first-order chi connectivity index (χ1) is 17.0. The fourth-order valence-corrected chi connectivity index (χ4v) is 3.81. The van der Waals surface area contributed by atoms with Crippen LogP contribution in [0.25, 0.3) is 0 Å². The van der Waals surface area contributed by atoms with E-state index in [1.165, 1.54) is 29.8 Å². The van der Waals surface area contributed by atoms with Crippen molar-refractivity contribution in [3.8, 4) is 0 Å². The summed E-state index contributed by atoms with van der Waals surface area (Å²) in [7, 11) is 1.22. The molecule has 1 aromatic carbocycles. The number of amides is 3. The second-order valence-electron chi connectivity index (χ2n) is 9.05. The van der Waals surface area contributed by atoms with E-state index in [2.05, 4.69) is 21.9 Å². The molecular weight excluding hydrogens is 482 g/mol. The van der Waals surface area contributed by atoms with Gasteiger partial charge in [-0.05, 0) is 56.7 Å². The van der Waals surface area contributed by atoms with Gasteiger partial charge in [0.05, 0.1) is 7.11 Å².